The van der Waals surface area contributed by atoms with Crippen LogP contribution in [0.3, 0.4) is 0 Å². The Hall–Kier alpha value is -1.60. The van der Waals surface area contributed by atoms with Gasteiger partial charge in [0.1, 0.15) is 16.4 Å². The Morgan fingerprint density at radius 2 is 2.18 bits per heavy atom. The quantitative estimate of drug-likeness (QED) is 0.581. The zero-order chi connectivity index (χ0) is 15.1. The molecule has 1 aliphatic rings. The summed E-state index contributed by atoms with van der Waals surface area (Å²) in [5.41, 5.74) is 8.47. The molecule has 0 atom stereocenters. The zero-order valence-corrected chi connectivity index (χ0v) is 13.9. The van der Waals surface area contributed by atoms with Gasteiger partial charge in [-0.25, -0.2) is 9.97 Å². The average molecular weight is 332 g/mol. The molecule has 3 aromatic rings. The number of rotatable bonds is 3. The number of thioether (sulfide) groups is 1. The molecule has 0 fully saturated rings. The number of anilines is 1. The summed E-state index contributed by atoms with van der Waals surface area (Å²) in [4.78, 5) is 11.6. The van der Waals surface area contributed by atoms with Crippen molar-refractivity contribution in [3.05, 3.63) is 28.0 Å². The van der Waals surface area contributed by atoms with E-state index in [1.807, 2.05) is 13.0 Å². The van der Waals surface area contributed by atoms with Gasteiger partial charge in [0.15, 0.2) is 5.16 Å². The molecule has 3 heterocycles. The second-order valence-corrected chi connectivity index (χ2v) is 7.53. The third kappa shape index (κ3) is 2.48. The summed E-state index contributed by atoms with van der Waals surface area (Å²) in [5, 5.41) is 5.68. The first-order chi connectivity index (χ1) is 10.7. The van der Waals surface area contributed by atoms with Crippen molar-refractivity contribution in [2.24, 2.45) is 0 Å². The molecule has 0 saturated heterocycles. The zero-order valence-electron chi connectivity index (χ0n) is 12.3. The molecule has 0 aliphatic heterocycles. The van der Waals surface area contributed by atoms with Crippen LogP contribution >= 0.6 is 23.1 Å². The molecule has 2 N–H and O–H groups in total. The van der Waals surface area contributed by atoms with Gasteiger partial charge in [0.05, 0.1) is 16.8 Å². The number of fused-ring (bicyclic) bond motifs is 3. The van der Waals surface area contributed by atoms with Gasteiger partial charge in [-0.05, 0) is 38.2 Å². The van der Waals surface area contributed by atoms with E-state index in [0.717, 1.165) is 34.5 Å². The van der Waals surface area contributed by atoms with Crippen LogP contribution in [0.1, 0.15) is 34.7 Å². The molecule has 0 radical (unpaired) electrons. The molecule has 22 heavy (non-hydrogen) atoms. The standard InChI is InChI=1S/C15H16N4OS2/c1-8-6-9(20-19-8)7-21-15-17-13(16)12-10-4-2-3-5-11(10)22-14(12)18-15/h6H,2-5,7H2,1H3,(H2,16,17,18). The topological polar surface area (TPSA) is 77.8 Å². The van der Waals surface area contributed by atoms with Gasteiger partial charge in [-0.15, -0.1) is 11.3 Å². The number of aryl methyl sites for hydroxylation is 3. The van der Waals surface area contributed by atoms with Crippen molar-refractivity contribution in [2.75, 3.05) is 5.73 Å². The lowest BCUT2D eigenvalue weighted by molar-refractivity contribution is 0.391. The second kappa shape index (κ2) is 5.55. The molecular formula is C15H16N4OS2. The van der Waals surface area contributed by atoms with Crippen molar-refractivity contribution in [3.63, 3.8) is 0 Å². The minimum Gasteiger partial charge on any atom is -0.383 e. The first-order valence-corrected chi connectivity index (χ1v) is 9.13. The van der Waals surface area contributed by atoms with Crippen LogP contribution in [-0.2, 0) is 18.6 Å². The maximum atomic E-state index is 6.21. The van der Waals surface area contributed by atoms with Gasteiger partial charge < -0.3 is 10.3 Å². The highest BCUT2D eigenvalue weighted by Crippen LogP contribution is 2.38. The van der Waals surface area contributed by atoms with Crippen molar-refractivity contribution in [3.8, 4) is 0 Å². The average Bonchev–Trinajstić information content (AvgIpc) is 3.08. The summed E-state index contributed by atoms with van der Waals surface area (Å²) in [5.74, 6) is 2.10. The SMILES string of the molecule is Cc1cc(CSc2nc(N)c3c4c(sc3n2)CCCC4)on1. The van der Waals surface area contributed by atoms with Crippen molar-refractivity contribution in [1.29, 1.82) is 0 Å². The lowest BCUT2D eigenvalue weighted by Gasteiger charge is -2.10. The van der Waals surface area contributed by atoms with E-state index in [0.29, 0.717) is 16.7 Å². The number of nitrogen functional groups attached to an aromatic ring is 1. The maximum absolute atomic E-state index is 6.21. The third-order valence-electron chi connectivity index (χ3n) is 3.84. The summed E-state index contributed by atoms with van der Waals surface area (Å²) >= 11 is 3.31. The Balaban J connectivity index is 1.65. The highest BCUT2D eigenvalue weighted by Gasteiger charge is 2.20. The summed E-state index contributed by atoms with van der Waals surface area (Å²) < 4.78 is 5.21. The minimum absolute atomic E-state index is 0.612. The van der Waals surface area contributed by atoms with Gasteiger partial charge >= 0.3 is 0 Å². The normalized spacial score (nSPS) is 14.4. The summed E-state index contributed by atoms with van der Waals surface area (Å²) in [6, 6.07) is 1.93. The number of hydrogen-bond donors (Lipinski definition) is 1. The van der Waals surface area contributed by atoms with E-state index in [-0.39, 0.29) is 0 Å². The largest absolute Gasteiger partial charge is 0.383 e. The van der Waals surface area contributed by atoms with Crippen LogP contribution < -0.4 is 5.73 Å². The Bertz CT molecular complexity index is 840. The van der Waals surface area contributed by atoms with Crippen LogP contribution in [0.15, 0.2) is 15.7 Å². The Morgan fingerprint density at radius 1 is 1.32 bits per heavy atom. The first-order valence-electron chi connectivity index (χ1n) is 7.33. The minimum atomic E-state index is 0.612. The van der Waals surface area contributed by atoms with Gasteiger partial charge in [-0.3, -0.25) is 0 Å². The van der Waals surface area contributed by atoms with Crippen molar-refractivity contribution >= 4 is 39.1 Å². The van der Waals surface area contributed by atoms with Crippen LogP contribution in [0, 0.1) is 6.92 Å². The second-order valence-electron chi connectivity index (χ2n) is 5.51. The van der Waals surface area contributed by atoms with E-state index in [1.165, 1.54) is 35.0 Å². The monoisotopic (exact) mass is 332 g/mol. The molecule has 4 rings (SSSR count). The molecule has 7 heteroatoms. The van der Waals surface area contributed by atoms with Crippen LogP contribution in [-0.4, -0.2) is 15.1 Å². The van der Waals surface area contributed by atoms with E-state index in [2.05, 4.69) is 10.1 Å². The molecule has 5 nitrogen and oxygen atoms in total. The molecule has 0 spiro atoms. The summed E-state index contributed by atoms with van der Waals surface area (Å²) in [7, 11) is 0. The fourth-order valence-electron chi connectivity index (χ4n) is 2.85. The van der Waals surface area contributed by atoms with Gasteiger partial charge in [0, 0.05) is 10.9 Å². The van der Waals surface area contributed by atoms with Crippen LogP contribution in [0.25, 0.3) is 10.2 Å². The van der Waals surface area contributed by atoms with Gasteiger partial charge in [0.25, 0.3) is 0 Å². The number of nitrogens with zero attached hydrogens (tertiary/aromatic N) is 3. The predicted molar refractivity (Wildman–Crippen MR) is 89.3 cm³/mol. The Labute approximate surface area is 136 Å². The van der Waals surface area contributed by atoms with Crippen molar-refractivity contribution in [2.45, 2.75) is 43.5 Å². The highest BCUT2D eigenvalue weighted by atomic mass is 32.2. The van der Waals surface area contributed by atoms with Crippen LogP contribution in [0.4, 0.5) is 5.82 Å². The number of nitrogens with two attached hydrogens (primary N) is 1. The predicted octanol–water partition coefficient (Wildman–Crippen LogP) is 3.74. The van der Waals surface area contributed by atoms with E-state index < -0.39 is 0 Å². The number of thiophene rings is 1. The van der Waals surface area contributed by atoms with Crippen molar-refractivity contribution < 1.29 is 4.52 Å². The van der Waals surface area contributed by atoms with Crippen LogP contribution in [0.2, 0.25) is 0 Å². The fourth-order valence-corrected chi connectivity index (χ4v) is 4.90. The maximum Gasteiger partial charge on any atom is 0.191 e. The molecule has 0 amide bonds. The molecule has 0 unspecified atom stereocenters. The molecule has 1 aliphatic carbocycles. The number of aromatic nitrogens is 3. The van der Waals surface area contributed by atoms with Crippen LogP contribution in [0.5, 0.6) is 0 Å². The lowest BCUT2D eigenvalue weighted by atomic mass is 9.97. The lowest BCUT2D eigenvalue weighted by Crippen LogP contribution is -2.01. The molecular weight excluding hydrogens is 316 g/mol. The number of hydrogen-bond acceptors (Lipinski definition) is 7. The highest BCUT2D eigenvalue weighted by molar-refractivity contribution is 7.98. The smallest absolute Gasteiger partial charge is 0.191 e. The molecule has 0 bridgehead atoms. The van der Waals surface area contributed by atoms with Gasteiger partial charge in [-0.2, -0.15) is 0 Å². The van der Waals surface area contributed by atoms with Gasteiger partial charge in [0.2, 0.25) is 0 Å². The van der Waals surface area contributed by atoms with E-state index in [9.17, 15) is 0 Å². The fraction of sp³-hybridized carbons (Fsp3) is 0.400. The summed E-state index contributed by atoms with van der Waals surface area (Å²) in [6.07, 6.45) is 4.75. The van der Waals surface area contributed by atoms with Crippen molar-refractivity contribution in [1.82, 2.24) is 15.1 Å². The molecule has 0 saturated carbocycles. The van der Waals surface area contributed by atoms with E-state index in [4.69, 9.17) is 15.2 Å². The van der Waals surface area contributed by atoms with E-state index in [1.54, 1.807) is 11.3 Å². The molecule has 114 valence electrons. The third-order valence-corrected chi connectivity index (χ3v) is 5.90. The Kier molecular flexibility index (Phi) is 3.54. The molecule has 0 aromatic carbocycles. The van der Waals surface area contributed by atoms with E-state index >= 15 is 0 Å². The summed E-state index contributed by atoms with van der Waals surface area (Å²) in [6.45, 7) is 1.91. The Morgan fingerprint density at radius 3 is 3.00 bits per heavy atom. The first kappa shape index (κ1) is 14.0. The molecule has 3 aromatic heterocycles. The van der Waals surface area contributed by atoms with Gasteiger partial charge in [-0.1, -0.05) is 16.9 Å².